The summed E-state index contributed by atoms with van der Waals surface area (Å²) in [4.78, 5) is 0. The molecule has 112 valence electrons. The van der Waals surface area contributed by atoms with Crippen LogP contribution in [0.4, 0.5) is 0 Å². The predicted molar refractivity (Wildman–Crippen MR) is 78.6 cm³/mol. The van der Waals surface area contributed by atoms with E-state index in [0.717, 1.165) is 19.3 Å². The summed E-state index contributed by atoms with van der Waals surface area (Å²) in [6.45, 7) is 4.64. The van der Waals surface area contributed by atoms with Gasteiger partial charge in [-0.25, -0.2) is 12.7 Å². The van der Waals surface area contributed by atoms with Crippen molar-refractivity contribution in [2.75, 3.05) is 13.6 Å². The highest BCUT2D eigenvalue weighted by atomic mass is 32.2. The Balaban J connectivity index is 1.92. The smallest absolute Gasteiger partial charge is 0.217 e. The number of hydrogen-bond donors (Lipinski definition) is 1. The molecule has 0 aliphatic heterocycles. The topological polar surface area (TPSA) is 49.4 Å². The molecule has 0 heterocycles. The van der Waals surface area contributed by atoms with Crippen molar-refractivity contribution in [3.63, 3.8) is 0 Å². The van der Waals surface area contributed by atoms with E-state index in [-0.39, 0.29) is 11.3 Å². The molecular weight excluding hydrogens is 260 g/mol. The Morgan fingerprint density at radius 1 is 1.26 bits per heavy atom. The van der Waals surface area contributed by atoms with Crippen molar-refractivity contribution in [2.45, 2.75) is 69.7 Å². The zero-order chi connectivity index (χ0) is 14.0. The first-order chi connectivity index (χ1) is 8.91. The lowest BCUT2D eigenvalue weighted by Crippen LogP contribution is -2.46. The Kier molecular flexibility index (Phi) is 4.90. The fourth-order valence-electron chi connectivity index (χ4n) is 2.95. The summed E-state index contributed by atoms with van der Waals surface area (Å²) >= 11 is 0. The van der Waals surface area contributed by atoms with Crippen LogP contribution in [-0.4, -0.2) is 43.6 Å². The van der Waals surface area contributed by atoms with Gasteiger partial charge in [0.2, 0.25) is 10.0 Å². The maximum atomic E-state index is 12.6. The van der Waals surface area contributed by atoms with Gasteiger partial charge in [-0.1, -0.05) is 19.8 Å². The summed E-state index contributed by atoms with van der Waals surface area (Å²) in [6.07, 6.45) is 6.82. The van der Waals surface area contributed by atoms with Crippen LogP contribution in [0.15, 0.2) is 0 Å². The molecule has 0 bridgehead atoms. The van der Waals surface area contributed by atoms with Gasteiger partial charge in [-0.3, -0.25) is 0 Å². The molecule has 3 unspecified atom stereocenters. The normalized spacial score (nSPS) is 30.5. The highest BCUT2D eigenvalue weighted by Crippen LogP contribution is 2.29. The Bertz CT molecular complexity index is 392. The van der Waals surface area contributed by atoms with Crippen molar-refractivity contribution in [3.8, 4) is 0 Å². The lowest BCUT2D eigenvalue weighted by Gasteiger charge is -2.34. The first-order valence-corrected chi connectivity index (χ1v) is 9.11. The summed E-state index contributed by atoms with van der Waals surface area (Å²) in [7, 11) is -1.39. The van der Waals surface area contributed by atoms with Gasteiger partial charge in [0.05, 0.1) is 5.25 Å². The van der Waals surface area contributed by atoms with E-state index in [1.807, 2.05) is 6.92 Å². The number of rotatable bonds is 6. The van der Waals surface area contributed by atoms with Crippen molar-refractivity contribution in [1.29, 1.82) is 0 Å². The molecule has 3 atom stereocenters. The van der Waals surface area contributed by atoms with Gasteiger partial charge in [0, 0.05) is 25.7 Å². The third kappa shape index (κ3) is 3.92. The fraction of sp³-hybridized carbons (Fsp3) is 1.00. The van der Waals surface area contributed by atoms with E-state index in [0.29, 0.717) is 18.5 Å². The Morgan fingerprint density at radius 2 is 1.95 bits per heavy atom. The van der Waals surface area contributed by atoms with Crippen molar-refractivity contribution >= 4 is 10.0 Å². The molecule has 2 saturated carbocycles. The highest BCUT2D eigenvalue weighted by molar-refractivity contribution is 7.89. The van der Waals surface area contributed by atoms with E-state index in [4.69, 9.17) is 0 Å². The summed E-state index contributed by atoms with van der Waals surface area (Å²) in [5.74, 6) is 0.649. The van der Waals surface area contributed by atoms with Crippen LogP contribution in [0.3, 0.4) is 0 Å². The molecule has 0 amide bonds. The first kappa shape index (κ1) is 15.3. The Morgan fingerprint density at radius 3 is 2.53 bits per heavy atom. The van der Waals surface area contributed by atoms with Crippen LogP contribution in [0.5, 0.6) is 0 Å². The number of hydrogen-bond acceptors (Lipinski definition) is 3. The lowest BCUT2D eigenvalue weighted by molar-refractivity contribution is 0.237. The van der Waals surface area contributed by atoms with Crippen LogP contribution in [0.25, 0.3) is 0 Å². The number of nitrogens with zero attached hydrogens (tertiary/aromatic N) is 1. The summed E-state index contributed by atoms with van der Waals surface area (Å²) in [5.41, 5.74) is 0. The van der Waals surface area contributed by atoms with Crippen molar-refractivity contribution in [2.24, 2.45) is 5.92 Å². The molecule has 5 heteroatoms. The van der Waals surface area contributed by atoms with E-state index in [1.54, 1.807) is 11.4 Å². The molecule has 0 radical (unpaired) electrons. The van der Waals surface area contributed by atoms with E-state index in [2.05, 4.69) is 12.2 Å². The third-order valence-electron chi connectivity index (χ3n) is 4.60. The zero-order valence-electron chi connectivity index (χ0n) is 12.4. The van der Waals surface area contributed by atoms with Crippen LogP contribution < -0.4 is 5.32 Å². The molecule has 0 aromatic heterocycles. The van der Waals surface area contributed by atoms with Crippen LogP contribution in [-0.2, 0) is 10.0 Å². The Hall–Kier alpha value is -0.130. The van der Waals surface area contributed by atoms with Gasteiger partial charge >= 0.3 is 0 Å². The lowest BCUT2D eigenvalue weighted by atomic mass is 9.87. The first-order valence-electron chi connectivity index (χ1n) is 7.61. The van der Waals surface area contributed by atoms with E-state index in [9.17, 15) is 8.42 Å². The SMILES string of the molecule is CC1CCCC(N(C)S(=O)(=O)C(C)CNC2CC2)C1. The van der Waals surface area contributed by atoms with Crippen molar-refractivity contribution in [3.05, 3.63) is 0 Å². The largest absolute Gasteiger partial charge is 0.313 e. The average molecular weight is 288 g/mol. The van der Waals surface area contributed by atoms with Gasteiger partial charge < -0.3 is 5.32 Å². The van der Waals surface area contributed by atoms with Crippen LogP contribution in [0.1, 0.15) is 52.4 Å². The minimum absolute atomic E-state index is 0.206. The summed E-state index contributed by atoms with van der Waals surface area (Å²) < 4.78 is 26.8. The maximum absolute atomic E-state index is 12.6. The molecular formula is C14H28N2O2S. The molecule has 0 aromatic carbocycles. The zero-order valence-corrected chi connectivity index (χ0v) is 13.2. The standard InChI is InChI=1S/C14H28N2O2S/c1-11-5-4-6-14(9-11)16(3)19(17,18)12(2)10-15-13-7-8-13/h11-15H,4-10H2,1-3H3. The molecule has 0 saturated heterocycles. The second-order valence-corrected chi connectivity index (χ2v) is 8.89. The van der Waals surface area contributed by atoms with Gasteiger partial charge in [-0.2, -0.15) is 0 Å². The van der Waals surface area contributed by atoms with Gasteiger partial charge in [0.25, 0.3) is 0 Å². The second kappa shape index (κ2) is 6.10. The van der Waals surface area contributed by atoms with Gasteiger partial charge in [0.15, 0.2) is 0 Å². The number of nitrogens with one attached hydrogen (secondary N) is 1. The van der Waals surface area contributed by atoms with Gasteiger partial charge in [-0.05, 0) is 38.5 Å². The van der Waals surface area contributed by atoms with Crippen molar-refractivity contribution < 1.29 is 8.42 Å². The number of sulfonamides is 1. The molecule has 1 N–H and O–H groups in total. The monoisotopic (exact) mass is 288 g/mol. The van der Waals surface area contributed by atoms with E-state index >= 15 is 0 Å². The molecule has 2 aliphatic rings. The third-order valence-corrected chi connectivity index (χ3v) is 6.89. The van der Waals surface area contributed by atoms with Crippen LogP contribution >= 0.6 is 0 Å². The average Bonchev–Trinajstić information content (AvgIpc) is 3.18. The molecule has 19 heavy (non-hydrogen) atoms. The minimum Gasteiger partial charge on any atom is -0.313 e. The summed E-state index contributed by atoms with van der Waals surface area (Å²) in [5, 5.41) is 3.00. The minimum atomic E-state index is -3.16. The van der Waals surface area contributed by atoms with E-state index in [1.165, 1.54) is 19.3 Å². The van der Waals surface area contributed by atoms with Crippen molar-refractivity contribution in [1.82, 2.24) is 9.62 Å². The quantitative estimate of drug-likeness (QED) is 0.813. The van der Waals surface area contributed by atoms with Crippen LogP contribution in [0, 0.1) is 5.92 Å². The van der Waals surface area contributed by atoms with Gasteiger partial charge in [-0.15, -0.1) is 0 Å². The molecule has 4 nitrogen and oxygen atoms in total. The van der Waals surface area contributed by atoms with Gasteiger partial charge in [0.1, 0.15) is 0 Å². The fourth-order valence-corrected chi connectivity index (χ4v) is 4.43. The molecule has 2 aliphatic carbocycles. The predicted octanol–water partition coefficient (Wildman–Crippen LogP) is 1.97. The van der Waals surface area contributed by atoms with E-state index < -0.39 is 10.0 Å². The summed E-state index contributed by atoms with van der Waals surface area (Å²) in [6, 6.07) is 0.773. The van der Waals surface area contributed by atoms with Crippen LogP contribution in [0.2, 0.25) is 0 Å². The molecule has 2 rings (SSSR count). The maximum Gasteiger partial charge on any atom is 0.217 e. The molecule has 2 fully saturated rings. The Labute approximate surface area is 118 Å². The second-order valence-electron chi connectivity index (χ2n) is 6.48. The highest BCUT2D eigenvalue weighted by Gasteiger charge is 2.34. The molecule has 0 spiro atoms. The molecule has 0 aromatic rings.